The Kier molecular flexibility index (Phi) is 3.17. The van der Waals surface area contributed by atoms with E-state index in [0.717, 1.165) is 26.1 Å². The molecule has 2 aliphatic rings. The molecule has 2 rings (SSSR count). The molecule has 2 nitrogen and oxygen atoms in total. The number of piperidine rings is 1. The highest BCUT2D eigenvalue weighted by Gasteiger charge is 2.24. The van der Waals surface area contributed by atoms with E-state index in [9.17, 15) is 4.39 Å². The van der Waals surface area contributed by atoms with Gasteiger partial charge in [-0.25, -0.2) is 4.39 Å². The van der Waals surface area contributed by atoms with Gasteiger partial charge in [-0.05, 0) is 25.8 Å². The Morgan fingerprint density at radius 2 is 2.23 bits per heavy atom. The van der Waals surface area contributed by atoms with E-state index in [4.69, 9.17) is 0 Å². The summed E-state index contributed by atoms with van der Waals surface area (Å²) in [4.78, 5) is 2.26. The molecule has 2 aliphatic heterocycles. The predicted molar refractivity (Wildman–Crippen MR) is 51.6 cm³/mol. The van der Waals surface area contributed by atoms with E-state index in [1.807, 2.05) is 0 Å². The Labute approximate surface area is 79.5 Å². The quantitative estimate of drug-likeness (QED) is 0.696. The van der Waals surface area contributed by atoms with Crippen LogP contribution in [0.4, 0.5) is 4.39 Å². The number of hydrogen-bond donors (Lipinski definition) is 1. The second-order valence-electron chi connectivity index (χ2n) is 4.29. The van der Waals surface area contributed by atoms with Crippen molar-refractivity contribution in [3.63, 3.8) is 0 Å². The first-order valence-corrected chi connectivity index (χ1v) is 5.44. The van der Waals surface area contributed by atoms with Crippen molar-refractivity contribution in [1.82, 2.24) is 10.2 Å². The zero-order valence-corrected chi connectivity index (χ0v) is 8.14. The molecule has 0 radical (unpaired) electrons. The summed E-state index contributed by atoms with van der Waals surface area (Å²) in [5, 5.41) is 3.50. The first kappa shape index (κ1) is 9.41. The van der Waals surface area contributed by atoms with Crippen LogP contribution in [0.3, 0.4) is 0 Å². The molecular weight excluding hydrogens is 167 g/mol. The number of halogens is 1. The maximum absolute atomic E-state index is 12.9. The molecule has 0 aromatic carbocycles. The van der Waals surface area contributed by atoms with Gasteiger partial charge in [-0.1, -0.05) is 6.42 Å². The van der Waals surface area contributed by atoms with Gasteiger partial charge in [-0.3, -0.25) is 4.90 Å². The Balaban J connectivity index is 1.71. The fourth-order valence-corrected chi connectivity index (χ4v) is 2.34. The van der Waals surface area contributed by atoms with Crippen molar-refractivity contribution >= 4 is 0 Å². The lowest BCUT2D eigenvalue weighted by Gasteiger charge is -2.27. The van der Waals surface area contributed by atoms with Crippen LogP contribution in [0.1, 0.15) is 25.7 Å². The maximum atomic E-state index is 12.9. The van der Waals surface area contributed by atoms with Gasteiger partial charge in [0.15, 0.2) is 0 Å². The second-order valence-corrected chi connectivity index (χ2v) is 4.29. The van der Waals surface area contributed by atoms with Gasteiger partial charge in [-0.15, -0.1) is 0 Å². The third kappa shape index (κ3) is 2.64. The van der Waals surface area contributed by atoms with Gasteiger partial charge >= 0.3 is 0 Å². The zero-order valence-electron chi connectivity index (χ0n) is 8.14. The lowest BCUT2D eigenvalue weighted by Crippen LogP contribution is -2.43. The summed E-state index contributed by atoms with van der Waals surface area (Å²) in [5.74, 6) is 0. The summed E-state index contributed by atoms with van der Waals surface area (Å²) in [6.45, 7) is 3.83. The summed E-state index contributed by atoms with van der Waals surface area (Å²) in [6, 6.07) is 0.624. The third-order valence-corrected chi connectivity index (χ3v) is 3.11. The molecule has 3 heteroatoms. The van der Waals surface area contributed by atoms with E-state index < -0.39 is 6.17 Å². The molecule has 0 bridgehead atoms. The van der Waals surface area contributed by atoms with Gasteiger partial charge in [0.1, 0.15) is 6.17 Å². The lowest BCUT2D eigenvalue weighted by atomic mass is 10.0. The fourth-order valence-electron chi connectivity index (χ4n) is 2.34. The summed E-state index contributed by atoms with van der Waals surface area (Å²) in [6.07, 6.45) is 4.09. The van der Waals surface area contributed by atoms with Gasteiger partial charge < -0.3 is 5.32 Å². The SMILES string of the molecule is FC1CCN(C[C@H]2CCCCN2)C1. The van der Waals surface area contributed by atoms with Crippen molar-refractivity contribution in [3.8, 4) is 0 Å². The standard InChI is InChI=1S/C10H19FN2/c11-9-4-6-13(7-9)8-10-3-1-2-5-12-10/h9-10,12H,1-8H2/t9?,10-/m1/s1. The van der Waals surface area contributed by atoms with Crippen LogP contribution in [-0.4, -0.2) is 43.3 Å². The molecule has 0 aliphatic carbocycles. The largest absolute Gasteiger partial charge is 0.313 e. The molecule has 0 saturated carbocycles. The average molecular weight is 186 g/mol. The van der Waals surface area contributed by atoms with Crippen LogP contribution >= 0.6 is 0 Å². The number of nitrogens with zero attached hydrogens (tertiary/aromatic N) is 1. The van der Waals surface area contributed by atoms with Gasteiger partial charge in [-0.2, -0.15) is 0 Å². The summed E-state index contributed by atoms with van der Waals surface area (Å²) >= 11 is 0. The topological polar surface area (TPSA) is 15.3 Å². The van der Waals surface area contributed by atoms with Crippen molar-refractivity contribution in [1.29, 1.82) is 0 Å². The summed E-state index contributed by atoms with van der Waals surface area (Å²) in [5.41, 5.74) is 0. The average Bonchev–Trinajstić information content (AvgIpc) is 2.53. The molecular formula is C10H19FN2. The number of hydrogen-bond acceptors (Lipinski definition) is 2. The monoisotopic (exact) mass is 186 g/mol. The Morgan fingerprint density at radius 1 is 1.31 bits per heavy atom. The number of alkyl halides is 1. The number of nitrogens with one attached hydrogen (secondary N) is 1. The fraction of sp³-hybridized carbons (Fsp3) is 1.00. The molecule has 0 aromatic heterocycles. The van der Waals surface area contributed by atoms with Crippen molar-refractivity contribution in [3.05, 3.63) is 0 Å². The maximum Gasteiger partial charge on any atom is 0.114 e. The van der Waals surface area contributed by atoms with Gasteiger partial charge in [0.25, 0.3) is 0 Å². The summed E-state index contributed by atoms with van der Waals surface area (Å²) in [7, 11) is 0. The van der Waals surface area contributed by atoms with E-state index in [1.54, 1.807) is 0 Å². The number of likely N-dealkylation sites (tertiary alicyclic amines) is 1. The van der Waals surface area contributed by atoms with E-state index in [1.165, 1.54) is 19.3 Å². The van der Waals surface area contributed by atoms with Crippen LogP contribution in [0, 0.1) is 0 Å². The summed E-state index contributed by atoms with van der Waals surface area (Å²) < 4.78 is 12.9. The van der Waals surface area contributed by atoms with E-state index >= 15 is 0 Å². The Bertz CT molecular complexity index is 154. The van der Waals surface area contributed by atoms with Crippen molar-refractivity contribution in [2.24, 2.45) is 0 Å². The smallest absolute Gasteiger partial charge is 0.114 e. The highest BCUT2D eigenvalue weighted by molar-refractivity contribution is 4.81. The van der Waals surface area contributed by atoms with Gasteiger partial charge in [0.2, 0.25) is 0 Å². The molecule has 0 spiro atoms. The van der Waals surface area contributed by atoms with Crippen LogP contribution in [0.5, 0.6) is 0 Å². The van der Waals surface area contributed by atoms with Crippen LogP contribution in [0.15, 0.2) is 0 Å². The first-order valence-electron chi connectivity index (χ1n) is 5.44. The predicted octanol–water partition coefficient (Wildman–Crippen LogP) is 1.17. The van der Waals surface area contributed by atoms with Crippen molar-refractivity contribution in [2.75, 3.05) is 26.2 Å². The first-order chi connectivity index (χ1) is 6.34. The van der Waals surface area contributed by atoms with E-state index in [2.05, 4.69) is 10.2 Å². The molecule has 0 aromatic rings. The van der Waals surface area contributed by atoms with Gasteiger partial charge in [0.05, 0.1) is 0 Å². The van der Waals surface area contributed by atoms with Crippen LogP contribution in [0.2, 0.25) is 0 Å². The molecule has 2 atom stereocenters. The molecule has 2 fully saturated rings. The Morgan fingerprint density at radius 3 is 2.85 bits per heavy atom. The molecule has 0 amide bonds. The lowest BCUT2D eigenvalue weighted by molar-refractivity contribution is 0.243. The highest BCUT2D eigenvalue weighted by Crippen LogP contribution is 2.15. The van der Waals surface area contributed by atoms with Gasteiger partial charge in [0, 0.05) is 25.7 Å². The third-order valence-electron chi connectivity index (χ3n) is 3.11. The zero-order chi connectivity index (χ0) is 9.10. The molecule has 13 heavy (non-hydrogen) atoms. The molecule has 76 valence electrons. The minimum absolute atomic E-state index is 0.566. The normalized spacial score (nSPS) is 36.7. The van der Waals surface area contributed by atoms with Crippen LogP contribution < -0.4 is 5.32 Å². The second kappa shape index (κ2) is 4.38. The molecule has 2 heterocycles. The number of rotatable bonds is 2. The minimum Gasteiger partial charge on any atom is -0.313 e. The van der Waals surface area contributed by atoms with E-state index in [0.29, 0.717) is 12.6 Å². The minimum atomic E-state index is -0.566. The van der Waals surface area contributed by atoms with Crippen LogP contribution in [-0.2, 0) is 0 Å². The molecule has 1 unspecified atom stereocenters. The molecule has 1 N–H and O–H groups in total. The molecule has 2 saturated heterocycles. The highest BCUT2D eigenvalue weighted by atomic mass is 19.1. The van der Waals surface area contributed by atoms with Crippen molar-refractivity contribution < 1.29 is 4.39 Å². The van der Waals surface area contributed by atoms with Crippen LogP contribution in [0.25, 0.3) is 0 Å². The van der Waals surface area contributed by atoms with E-state index in [-0.39, 0.29) is 0 Å². The Hall–Kier alpha value is -0.150. The van der Waals surface area contributed by atoms with Crippen molar-refractivity contribution in [2.45, 2.75) is 37.9 Å².